The number of hydrogen-bond acceptors (Lipinski definition) is 5. The number of para-hydroxylation sites is 2. The minimum absolute atomic E-state index is 0.226. The van der Waals surface area contributed by atoms with Crippen molar-refractivity contribution in [1.82, 2.24) is 14.5 Å². The van der Waals surface area contributed by atoms with E-state index in [4.69, 9.17) is 0 Å². The van der Waals surface area contributed by atoms with E-state index in [-0.39, 0.29) is 5.91 Å². The Balaban J connectivity index is 1.69. The zero-order valence-electron chi connectivity index (χ0n) is 13.3. The number of carbonyl (C=O) groups excluding carboxylic acids is 1. The summed E-state index contributed by atoms with van der Waals surface area (Å²) in [5.74, 6) is -0.226. The summed E-state index contributed by atoms with van der Waals surface area (Å²) >= 11 is 2.95. The molecule has 4 aromatic rings. The van der Waals surface area contributed by atoms with Gasteiger partial charge in [-0.2, -0.15) is 0 Å². The largest absolute Gasteiger partial charge is 0.296 e. The van der Waals surface area contributed by atoms with Gasteiger partial charge in [0.1, 0.15) is 5.69 Å². The molecule has 0 atom stereocenters. The molecule has 1 amide bonds. The van der Waals surface area contributed by atoms with Crippen molar-refractivity contribution in [2.75, 3.05) is 11.6 Å². The maximum absolute atomic E-state index is 12.8. The Labute approximate surface area is 152 Å². The number of rotatable bonds is 4. The van der Waals surface area contributed by atoms with Crippen molar-refractivity contribution >= 4 is 44.4 Å². The van der Waals surface area contributed by atoms with Crippen molar-refractivity contribution in [2.45, 2.75) is 5.16 Å². The van der Waals surface area contributed by atoms with Crippen LogP contribution in [0.1, 0.15) is 10.5 Å². The lowest BCUT2D eigenvalue weighted by Gasteiger charge is -2.10. The second-order valence-corrected chi connectivity index (χ2v) is 7.05. The van der Waals surface area contributed by atoms with Gasteiger partial charge < -0.3 is 0 Å². The van der Waals surface area contributed by atoms with Gasteiger partial charge in [-0.05, 0) is 30.5 Å². The highest BCUT2D eigenvalue weighted by Crippen LogP contribution is 2.27. The second-order valence-electron chi connectivity index (χ2n) is 5.24. The smallest absolute Gasteiger partial charge is 0.276 e. The molecule has 25 heavy (non-hydrogen) atoms. The van der Waals surface area contributed by atoms with E-state index in [1.54, 1.807) is 6.20 Å². The standard InChI is InChI=1S/C18H14N4OS2/c1-24-18-19-11-14(22(18)12-7-3-2-4-8-12)16(23)21-17-20-13-9-5-6-10-15(13)25-17/h2-11H,1H3,(H,20,21,23). The molecule has 0 aliphatic heterocycles. The first-order chi connectivity index (χ1) is 12.3. The summed E-state index contributed by atoms with van der Waals surface area (Å²) in [5, 5.41) is 4.24. The van der Waals surface area contributed by atoms with Crippen LogP contribution in [-0.4, -0.2) is 26.7 Å². The van der Waals surface area contributed by atoms with Crippen LogP contribution in [0.5, 0.6) is 0 Å². The van der Waals surface area contributed by atoms with Crippen LogP contribution in [0, 0.1) is 0 Å². The molecule has 0 aliphatic carbocycles. The summed E-state index contributed by atoms with van der Waals surface area (Å²) < 4.78 is 2.90. The van der Waals surface area contributed by atoms with Gasteiger partial charge in [-0.25, -0.2) is 9.97 Å². The first kappa shape index (κ1) is 15.9. The summed E-state index contributed by atoms with van der Waals surface area (Å²) in [6.07, 6.45) is 3.54. The van der Waals surface area contributed by atoms with Gasteiger partial charge in [0, 0.05) is 5.69 Å². The van der Waals surface area contributed by atoms with E-state index in [0.717, 1.165) is 21.1 Å². The molecule has 7 heteroatoms. The predicted octanol–water partition coefficient (Wildman–Crippen LogP) is 4.46. The molecule has 0 spiro atoms. The first-order valence-electron chi connectivity index (χ1n) is 7.60. The highest BCUT2D eigenvalue weighted by Gasteiger charge is 2.18. The fourth-order valence-electron chi connectivity index (χ4n) is 2.55. The molecule has 0 saturated carbocycles. The molecule has 124 valence electrons. The number of nitrogens with zero attached hydrogens (tertiary/aromatic N) is 3. The van der Waals surface area contributed by atoms with Crippen LogP contribution in [0.2, 0.25) is 0 Å². The SMILES string of the molecule is CSc1ncc(C(=O)Nc2nc3ccccc3s2)n1-c1ccccc1. The van der Waals surface area contributed by atoms with Crippen molar-refractivity contribution < 1.29 is 4.79 Å². The normalized spacial score (nSPS) is 10.9. The predicted molar refractivity (Wildman–Crippen MR) is 103 cm³/mol. The highest BCUT2D eigenvalue weighted by molar-refractivity contribution is 7.98. The summed E-state index contributed by atoms with van der Waals surface area (Å²) in [5.41, 5.74) is 2.26. The average Bonchev–Trinajstić information content (AvgIpc) is 3.25. The molecule has 0 radical (unpaired) electrons. The van der Waals surface area contributed by atoms with Crippen LogP contribution < -0.4 is 5.32 Å². The van der Waals surface area contributed by atoms with E-state index < -0.39 is 0 Å². The van der Waals surface area contributed by atoms with Gasteiger partial charge in [-0.1, -0.05) is 53.4 Å². The summed E-state index contributed by atoms with van der Waals surface area (Å²) in [7, 11) is 0. The molecular formula is C18H14N4OS2. The van der Waals surface area contributed by atoms with Gasteiger partial charge in [-0.3, -0.25) is 14.7 Å². The molecule has 5 nitrogen and oxygen atoms in total. The van der Waals surface area contributed by atoms with E-state index in [0.29, 0.717) is 10.8 Å². The molecular weight excluding hydrogens is 352 g/mol. The summed E-state index contributed by atoms with van der Waals surface area (Å²) in [4.78, 5) is 21.6. The van der Waals surface area contributed by atoms with Crippen LogP contribution in [0.4, 0.5) is 5.13 Å². The number of thiazole rings is 1. The number of fused-ring (bicyclic) bond motifs is 1. The van der Waals surface area contributed by atoms with Crippen LogP contribution in [0.15, 0.2) is 66.0 Å². The van der Waals surface area contributed by atoms with Crippen molar-refractivity contribution in [3.63, 3.8) is 0 Å². The monoisotopic (exact) mass is 366 g/mol. The van der Waals surface area contributed by atoms with Gasteiger partial charge in [0.05, 0.1) is 16.4 Å². The van der Waals surface area contributed by atoms with E-state index >= 15 is 0 Å². The summed E-state index contributed by atoms with van der Waals surface area (Å²) in [6, 6.07) is 17.5. The highest BCUT2D eigenvalue weighted by atomic mass is 32.2. The fourth-order valence-corrected chi connectivity index (χ4v) is 3.96. The van der Waals surface area contributed by atoms with E-state index in [1.807, 2.05) is 65.4 Å². The van der Waals surface area contributed by atoms with E-state index in [2.05, 4.69) is 15.3 Å². The molecule has 0 bridgehead atoms. The average molecular weight is 366 g/mol. The van der Waals surface area contributed by atoms with Crippen LogP contribution in [0.3, 0.4) is 0 Å². The van der Waals surface area contributed by atoms with Gasteiger partial charge in [-0.15, -0.1) is 0 Å². The number of amides is 1. The minimum Gasteiger partial charge on any atom is -0.296 e. The number of carbonyl (C=O) groups is 1. The Bertz CT molecular complexity index is 1010. The molecule has 0 fully saturated rings. The number of imidazole rings is 1. The van der Waals surface area contributed by atoms with E-state index in [9.17, 15) is 4.79 Å². The Morgan fingerprint density at radius 3 is 2.64 bits per heavy atom. The van der Waals surface area contributed by atoms with Gasteiger partial charge in [0.25, 0.3) is 5.91 Å². The maximum Gasteiger partial charge on any atom is 0.276 e. The molecule has 0 saturated heterocycles. The topological polar surface area (TPSA) is 59.8 Å². The maximum atomic E-state index is 12.8. The molecule has 2 heterocycles. The third-order valence-electron chi connectivity index (χ3n) is 3.67. The van der Waals surface area contributed by atoms with Crippen LogP contribution >= 0.6 is 23.1 Å². The number of thioether (sulfide) groups is 1. The summed E-state index contributed by atoms with van der Waals surface area (Å²) in [6.45, 7) is 0. The molecule has 0 aliphatic rings. The Morgan fingerprint density at radius 1 is 1.12 bits per heavy atom. The lowest BCUT2D eigenvalue weighted by atomic mass is 10.3. The quantitative estimate of drug-likeness (QED) is 0.542. The zero-order valence-corrected chi connectivity index (χ0v) is 15.0. The Morgan fingerprint density at radius 2 is 1.88 bits per heavy atom. The number of anilines is 1. The van der Waals surface area contributed by atoms with Gasteiger partial charge in [0.15, 0.2) is 10.3 Å². The first-order valence-corrected chi connectivity index (χ1v) is 9.64. The number of nitrogens with one attached hydrogen (secondary N) is 1. The zero-order chi connectivity index (χ0) is 17.2. The fraction of sp³-hybridized carbons (Fsp3) is 0.0556. The lowest BCUT2D eigenvalue weighted by molar-refractivity contribution is 0.102. The molecule has 4 rings (SSSR count). The van der Waals surface area contributed by atoms with E-state index in [1.165, 1.54) is 23.1 Å². The second kappa shape index (κ2) is 6.70. The van der Waals surface area contributed by atoms with Crippen molar-refractivity contribution in [3.05, 3.63) is 66.5 Å². The van der Waals surface area contributed by atoms with Crippen LogP contribution in [-0.2, 0) is 0 Å². The van der Waals surface area contributed by atoms with Gasteiger partial charge in [0.2, 0.25) is 0 Å². The van der Waals surface area contributed by atoms with Crippen molar-refractivity contribution in [2.24, 2.45) is 0 Å². The number of benzene rings is 2. The molecule has 2 aromatic carbocycles. The van der Waals surface area contributed by atoms with Gasteiger partial charge >= 0.3 is 0 Å². The minimum atomic E-state index is -0.226. The molecule has 1 N–H and O–H groups in total. The van der Waals surface area contributed by atoms with Crippen LogP contribution in [0.25, 0.3) is 15.9 Å². The Hall–Kier alpha value is -2.64. The number of hydrogen-bond donors (Lipinski definition) is 1. The van der Waals surface area contributed by atoms with Crippen molar-refractivity contribution in [3.8, 4) is 5.69 Å². The third-order valence-corrected chi connectivity index (χ3v) is 5.28. The third kappa shape index (κ3) is 3.04. The number of aromatic nitrogens is 3. The van der Waals surface area contributed by atoms with Crippen molar-refractivity contribution in [1.29, 1.82) is 0 Å². The lowest BCUT2D eigenvalue weighted by Crippen LogP contribution is -2.16. The Kier molecular flexibility index (Phi) is 4.25. The molecule has 0 unspecified atom stereocenters. The molecule has 2 aromatic heterocycles.